The molecule has 6 heteroatoms. The van der Waals surface area contributed by atoms with E-state index in [0.29, 0.717) is 5.95 Å². The SMILES string of the molecule is CCCc1ccnc2[nH]cc(-c3ccnc(Nc4cccc(O)c4)n3)c12. The van der Waals surface area contributed by atoms with Gasteiger partial charge in [0.2, 0.25) is 5.95 Å². The van der Waals surface area contributed by atoms with Crippen molar-refractivity contribution in [2.45, 2.75) is 19.8 Å². The fraction of sp³-hybridized carbons (Fsp3) is 0.150. The number of benzene rings is 1. The summed E-state index contributed by atoms with van der Waals surface area (Å²) in [4.78, 5) is 16.6. The Kier molecular flexibility index (Phi) is 4.23. The summed E-state index contributed by atoms with van der Waals surface area (Å²) in [5.74, 6) is 0.668. The highest BCUT2D eigenvalue weighted by atomic mass is 16.3. The summed E-state index contributed by atoms with van der Waals surface area (Å²) in [6.45, 7) is 2.17. The molecule has 0 atom stereocenters. The lowest BCUT2D eigenvalue weighted by Crippen LogP contribution is -1.98. The van der Waals surface area contributed by atoms with Crippen molar-refractivity contribution in [2.24, 2.45) is 0 Å². The third-order valence-electron chi connectivity index (χ3n) is 4.21. The van der Waals surface area contributed by atoms with Crippen molar-refractivity contribution in [3.63, 3.8) is 0 Å². The Morgan fingerprint density at radius 1 is 1.12 bits per heavy atom. The number of anilines is 2. The van der Waals surface area contributed by atoms with Crippen LogP contribution in [0.4, 0.5) is 11.6 Å². The summed E-state index contributed by atoms with van der Waals surface area (Å²) in [7, 11) is 0. The van der Waals surface area contributed by atoms with Crippen LogP contribution in [0.1, 0.15) is 18.9 Å². The molecule has 3 aromatic heterocycles. The summed E-state index contributed by atoms with van der Waals surface area (Å²) in [5.41, 5.74) is 4.69. The molecule has 0 bridgehead atoms. The minimum absolute atomic E-state index is 0.193. The Balaban J connectivity index is 1.74. The summed E-state index contributed by atoms with van der Waals surface area (Å²) in [6, 6.07) is 10.8. The van der Waals surface area contributed by atoms with Gasteiger partial charge in [-0.2, -0.15) is 0 Å². The van der Waals surface area contributed by atoms with E-state index in [-0.39, 0.29) is 5.75 Å². The summed E-state index contributed by atoms with van der Waals surface area (Å²) < 4.78 is 0. The van der Waals surface area contributed by atoms with E-state index >= 15 is 0 Å². The molecular formula is C20H19N5O. The van der Waals surface area contributed by atoms with Crippen LogP contribution in [0.25, 0.3) is 22.3 Å². The van der Waals surface area contributed by atoms with E-state index in [4.69, 9.17) is 0 Å². The first kappa shape index (κ1) is 16.1. The molecule has 0 unspecified atom stereocenters. The second-order valence-corrected chi connectivity index (χ2v) is 6.09. The Morgan fingerprint density at radius 2 is 2.00 bits per heavy atom. The number of hydrogen-bond donors (Lipinski definition) is 3. The monoisotopic (exact) mass is 345 g/mol. The van der Waals surface area contributed by atoms with Crippen LogP contribution in [0.15, 0.2) is 55.0 Å². The highest BCUT2D eigenvalue weighted by molar-refractivity contribution is 5.95. The Hall–Kier alpha value is -3.41. The molecule has 4 aromatic rings. The molecule has 0 fully saturated rings. The maximum absolute atomic E-state index is 9.60. The van der Waals surface area contributed by atoms with Crippen molar-refractivity contribution in [3.05, 3.63) is 60.6 Å². The molecule has 6 nitrogen and oxygen atoms in total. The zero-order valence-corrected chi connectivity index (χ0v) is 14.4. The zero-order valence-electron chi connectivity index (χ0n) is 14.4. The Labute approximate surface area is 151 Å². The fourth-order valence-electron chi connectivity index (χ4n) is 3.09. The van der Waals surface area contributed by atoms with Crippen molar-refractivity contribution in [2.75, 3.05) is 5.32 Å². The lowest BCUT2D eigenvalue weighted by molar-refractivity contribution is 0.475. The van der Waals surface area contributed by atoms with E-state index in [1.807, 2.05) is 24.5 Å². The van der Waals surface area contributed by atoms with Gasteiger partial charge in [-0.25, -0.2) is 15.0 Å². The van der Waals surface area contributed by atoms with Crippen LogP contribution < -0.4 is 5.32 Å². The number of nitrogens with one attached hydrogen (secondary N) is 2. The van der Waals surface area contributed by atoms with Gasteiger partial charge < -0.3 is 15.4 Å². The molecule has 0 radical (unpaired) electrons. The number of fused-ring (bicyclic) bond motifs is 1. The highest BCUT2D eigenvalue weighted by Crippen LogP contribution is 2.30. The quantitative estimate of drug-likeness (QED) is 0.498. The van der Waals surface area contributed by atoms with Gasteiger partial charge in [0.05, 0.1) is 5.69 Å². The first-order chi connectivity index (χ1) is 12.7. The number of nitrogens with zero attached hydrogens (tertiary/aromatic N) is 3. The van der Waals surface area contributed by atoms with Gasteiger partial charge in [-0.05, 0) is 36.2 Å². The van der Waals surface area contributed by atoms with Crippen molar-refractivity contribution >= 4 is 22.7 Å². The predicted molar refractivity (Wildman–Crippen MR) is 103 cm³/mol. The van der Waals surface area contributed by atoms with Gasteiger partial charge in [0, 0.05) is 41.3 Å². The number of hydrogen-bond acceptors (Lipinski definition) is 5. The van der Waals surface area contributed by atoms with Crippen LogP contribution in [0, 0.1) is 0 Å². The number of aromatic amines is 1. The number of phenolic OH excluding ortho intramolecular Hbond substituents is 1. The molecule has 0 amide bonds. The first-order valence-electron chi connectivity index (χ1n) is 8.59. The van der Waals surface area contributed by atoms with Crippen LogP contribution in [0.2, 0.25) is 0 Å². The molecule has 0 aliphatic carbocycles. The van der Waals surface area contributed by atoms with E-state index in [0.717, 1.165) is 40.8 Å². The number of aromatic nitrogens is 4. The van der Waals surface area contributed by atoms with Crippen molar-refractivity contribution in [1.82, 2.24) is 19.9 Å². The van der Waals surface area contributed by atoms with Crippen LogP contribution in [0.3, 0.4) is 0 Å². The van der Waals surface area contributed by atoms with Crippen LogP contribution in [-0.2, 0) is 6.42 Å². The normalized spacial score (nSPS) is 11.0. The van der Waals surface area contributed by atoms with Gasteiger partial charge in [0.25, 0.3) is 0 Å². The fourth-order valence-corrected chi connectivity index (χ4v) is 3.09. The minimum Gasteiger partial charge on any atom is -0.508 e. The molecule has 0 aliphatic heterocycles. The summed E-state index contributed by atoms with van der Waals surface area (Å²) in [5, 5.41) is 13.8. The number of rotatable bonds is 5. The third-order valence-corrected chi connectivity index (χ3v) is 4.21. The van der Waals surface area contributed by atoms with Gasteiger partial charge >= 0.3 is 0 Å². The lowest BCUT2D eigenvalue weighted by Gasteiger charge is -2.08. The van der Waals surface area contributed by atoms with Crippen LogP contribution >= 0.6 is 0 Å². The van der Waals surface area contributed by atoms with Crippen LogP contribution in [-0.4, -0.2) is 25.0 Å². The molecule has 0 spiro atoms. The largest absolute Gasteiger partial charge is 0.508 e. The Morgan fingerprint density at radius 3 is 2.85 bits per heavy atom. The molecule has 0 aliphatic rings. The van der Waals surface area contributed by atoms with E-state index in [1.54, 1.807) is 24.4 Å². The summed E-state index contributed by atoms with van der Waals surface area (Å²) >= 11 is 0. The van der Waals surface area contributed by atoms with Gasteiger partial charge in [-0.15, -0.1) is 0 Å². The predicted octanol–water partition coefficient (Wildman–Crippen LogP) is 4.42. The lowest BCUT2D eigenvalue weighted by atomic mass is 10.0. The van der Waals surface area contributed by atoms with E-state index in [9.17, 15) is 5.11 Å². The van der Waals surface area contributed by atoms with Crippen molar-refractivity contribution < 1.29 is 5.11 Å². The average Bonchev–Trinajstić information content (AvgIpc) is 3.07. The van der Waals surface area contributed by atoms with Crippen LogP contribution in [0.5, 0.6) is 5.75 Å². The molecule has 26 heavy (non-hydrogen) atoms. The molecule has 0 saturated heterocycles. The maximum Gasteiger partial charge on any atom is 0.227 e. The van der Waals surface area contributed by atoms with Gasteiger partial charge in [-0.1, -0.05) is 19.4 Å². The number of aromatic hydroxyl groups is 1. The topological polar surface area (TPSA) is 86.7 Å². The molecule has 130 valence electrons. The molecule has 1 aromatic carbocycles. The maximum atomic E-state index is 9.60. The van der Waals surface area contributed by atoms with E-state index in [1.165, 1.54) is 5.56 Å². The minimum atomic E-state index is 0.193. The van der Waals surface area contributed by atoms with Crippen molar-refractivity contribution in [3.8, 4) is 17.0 Å². The standard InChI is InChI=1S/C20H19N5O/c1-2-4-13-7-9-21-19-18(13)16(12-23-19)17-8-10-22-20(25-17)24-14-5-3-6-15(26)11-14/h3,5-12,26H,2,4H2,1H3,(H,21,23)(H,22,24,25). The second kappa shape index (κ2) is 6.84. The number of aryl methyl sites for hydroxylation is 1. The second-order valence-electron chi connectivity index (χ2n) is 6.09. The number of phenols is 1. The van der Waals surface area contributed by atoms with Gasteiger partial charge in [-0.3, -0.25) is 0 Å². The first-order valence-corrected chi connectivity index (χ1v) is 8.59. The number of pyridine rings is 1. The van der Waals surface area contributed by atoms with Crippen molar-refractivity contribution in [1.29, 1.82) is 0 Å². The highest BCUT2D eigenvalue weighted by Gasteiger charge is 2.13. The van der Waals surface area contributed by atoms with Gasteiger partial charge in [0.1, 0.15) is 11.4 Å². The smallest absolute Gasteiger partial charge is 0.227 e. The molecule has 0 saturated carbocycles. The molecule has 3 N–H and O–H groups in total. The van der Waals surface area contributed by atoms with E-state index < -0.39 is 0 Å². The average molecular weight is 345 g/mol. The molecule has 4 rings (SSSR count). The zero-order chi connectivity index (χ0) is 17.9. The number of H-pyrrole nitrogens is 1. The van der Waals surface area contributed by atoms with Gasteiger partial charge in [0.15, 0.2) is 0 Å². The summed E-state index contributed by atoms with van der Waals surface area (Å²) in [6.07, 6.45) is 7.56. The van der Waals surface area contributed by atoms with E-state index in [2.05, 4.69) is 38.2 Å². The Bertz CT molecular complexity index is 1060. The third kappa shape index (κ3) is 3.09. The molecular weight excluding hydrogens is 326 g/mol. The molecule has 3 heterocycles.